The summed E-state index contributed by atoms with van der Waals surface area (Å²) in [5.74, 6) is -1.14. The molecular formula is C13H17NO3. The molecule has 0 fully saturated rings. The van der Waals surface area contributed by atoms with Crippen LogP contribution in [-0.2, 0) is 4.79 Å². The van der Waals surface area contributed by atoms with Crippen LogP contribution in [0.5, 0.6) is 0 Å². The molecule has 1 aromatic rings. The minimum Gasteiger partial charge on any atom is -0.481 e. The molecule has 0 aliphatic heterocycles. The van der Waals surface area contributed by atoms with Crippen molar-refractivity contribution in [3.63, 3.8) is 0 Å². The molecule has 0 radical (unpaired) electrons. The number of aryl methyl sites for hydroxylation is 2. The summed E-state index contributed by atoms with van der Waals surface area (Å²) in [6, 6.07) is 5.25. The molecule has 4 heteroatoms. The van der Waals surface area contributed by atoms with Crippen LogP contribution in [0.4, 0.5) is 0 Å². The van der Waals surface area contributed by atoms with E-state index in [9.17, 15) is 9.59 Å². The Labute approximate surface area is 101 Å². The summed E-state index contributed by atoms with van der Waals surface area (Å²) in [6.07, 6.45) is -0.0728. The third-order valence-electron chi connectivity index (χ3n) is 2.50. The van der Waals surface area contributed by atoms with Gasteiger partial charge in [0.2, 0.25) is 0 Å². The lowest BCUT2D eigenvalue weighted by molar-refractivity contribution is -0.137. The molecule has 1 amide bonds. The number of carbonyl (C=O) groups excluding carboxylic acids is 1. The first kappa shape index (κ1) is 13.2. The van der Waals surface area contributed by atoms with E-state index < -0.39 is 5.97 Å². The van der Waals surface area contributed by atoms with Gasteiger partial charge in [0.05, 0.1) is 6.42 Å². The standard InChI is InChI=1S/C13H17NO3/c1-8-4-5-9(2)11(6-8)13(17)14-10(3)7-12(15)16/h4-6,10H,7H2,1-3H3,(H,14,17)(H,15,16). The summed E-state index contributed by atoms with van der Waals surface area (Å²) in [5, 5.41) is 11.3. The van der Waals surface area contributed by atoms with Gasteiger partial charge in [0.25, 0.3) is 5.91 Å². The third kappa shape index (κ3) is 3.90. The highest BCUT2D eigenvalue weighted by molar-refractivity contribution is 5.96. The van der Waals surface area contributed by atoms with E-state index in [-0.39, 0.29) is 18.4 Å². The molecule has 1 aromatic carbocycles. The summed E-state index contributed by atoms with van der Waals surface area (Å²) in [5.41, 5.74) is 2.49. The van der Waals surface area contributed by atoms with Crippen molar-refractivity contribution >= 4 is 11.9 Å². The molecule has 1 rings (SSSR count). The number of carboxylic acids is 1. The van der Waals surface area contributed by atoms with Crippen LogP contribution in [0.25, 0.3) is 0 Å². The molecule has 2 N–H and O–H groups in total. The largest absolute Gasteiger partial charge is 0.481 e. The molecule has 0 heterocycles. The molecule has 0 spiro atoms. The molecule has 1 unspecified atom stereocenters. The van der Waals surface area contributed by atoms with Gasteiger partial charge in [-0.2, -0.15) is 0 Å². The molecule has 4 nitrogen and oxygen atoms in total. The van der Waals surface area contributed by atoms with E-state index >= 15 is 0 Å². The summed E-state index contributed by atoms with van der Waals surface area (Å²) >= 11 is 0. The second-order valence-corrected chi connectivity index (χ2v) is 4.29. The van der Waals surface area contributed by atoms with Crippen LogP contribution in [0, 0.1) is 13.8 Å². The van der Waals surface area contributed by atoms with Crippen LogP contribution in [0.3, 0.4) is 0 Å². The van der Waals surface area contributed by atoms with Crippen molar-refractivity contribution in [2.45, 2.75) is 33.2 Å². The van der Waals surface area contributed by atoms with Crippen molar-refractivity contribution < 1.29 is 14.7 Å². The Morgan fingerprint density at radius 3 is 2.59 bits per heavy atom. The summed E-state index contributed by atoms with van der Waals surface area (Å²) in [6.45, 7) is 5.45. The number of nitrogens with one attached hydrogen (secondary N) is 1. The third-order valence-corrected chi connectivity index (χ3v) is 2.50. The topological polar surface area (TPSA) is 66.4 Å². The van der Waals surface area contributed by atoms with Crippen LogP contribution in [0.1, 0.15) is 34.8 Å². The van der Waals surface area contributed by atoms with Gasteiger partial charge in [-0.25, -0.2) is 0 Å². The fourth-order valence-corrected chi connectivity index (χ4v) is 1.59. The van der Waals surface area contributed by atoms with Crippen LogP contribution in [0.15, 0.2) is 18.2 Å². The summed E-state index contributed by atoms with van der Waals surface area (Å²) < 4.78 is 0. The van der Waals surface area contributed by atoms with E-state index in [1.807, 2.05) is 26.0 Å². The fraction of sp³-hybridized carbons (Fsp3) is 0.385. The Kier molecular flexibility index (Phi) is 4.26. The summed E-state index contributed by atoms with van der Waals surface area (Å²) in [7, 11) is 0. The van der Waals surface area contributed by atoms with Crippen molar-refractivity contribution in [2.75, 3.05) is 0 Å². The number of aliphatic carboxylic acids is 1. The Balaban J connectivity index is 2.76. The van der Waals surface area contributed by atoms with Crippen molar-refractivity contribution in [1.82, 2.24) is 5.32 Å². The number of carboxylic acid groups (broad SMARTS) is 1. The normalized spacial score (nSPS) is 11.9. The lowest BCUT2D eigenvalue weighted by Crippen LogP contribution is -2.34. The Morgan fingerprint density at radius 2 is 2.00 bits per heavy atom. The lowest BCUT2D eigenvalue weighted by atomic mass is 10.0. The highest BCUT2D eigenvalue weighted by atomic mass is 16.4. The number of amides is 1. The van der Waals surface area contributed by atoms with Crippen molar-refractivity contribution in [1.29, 1.82) is 0 Å². The molecule has 17 heavy (non-hydrogen) atoms. The van der Waals surface area contributed by atoms with E-state index in [1.54, 1.807) is 13.0 Å². The Bertz CT molecular complexity index is 440. The number of hydrogen-bond acceptors (Lipinski definition) is 2. The van der Waals surface area contributed by atoms with Crippen LogP contribution in [-0.4, -0.2) is 23.0 Å². The zero-order valence-electron chi connectivity index (χ0n) is 10.3. The minimum atomic E-state index is -0.918. The van der Waals surface area contributed by atoms with Gasteiger partial charge in [-0.15, -0.1) is 0 Å². The molecule has 0 aromatic heterocycles. The maximum absolute atomic E-state index is 11.9. The van der Waals surface area contributed by atoms with Gasteiger partial charge in [0, 0.05) is 11.6 Å². The van der Waals surface area contributed by atoms with Crippen LogP contribution in [0.2, 0.25) is 0 Å². The first-order chi connectivity index (χ1) is 7.90. The average molecular weight is 235 g/mol. The zero-order chi connectivity index (χ0) is 13.0. The van der Waals surface area contributed by atoms with Gasteiger partial charge in [-0.3, -0.25) is 9.59 Å². The second kappa shape index (κ2) is 5.48. The molecule has 0 aliphatic carbocycles. The van der Waals surface area contributed by atoms with E-state index in [0.717, 1.165) is 11.1 Å². The Hall–Kier alpha value is -1.84. The predicted octanol–water partition coefficient (Wildman–Crippen LogP) is 1.90. The van der Waals surface area contributed by atoms with Crippen LogP contribution >= 0.6 is 0 Å². The van der Waals surface area contributed by atoms with Crippen molar-refractivity contribution in [3.05, 3.63) is 34.9 Å². The smallest absolute Gasteiger partial charge is 0.305 e. The molecule has 0 bridgehead atoms. The first-order valence-corrected chi connectivity index (χ1v) is 5.50. The maximum atomic E-state index is 11.9. The van der Waals surface area contributed by atoms with Gasteiger partial charge in [0.15, 0.2) is 0 Å². The average Bonchev–Trinajstić information content (AvgIpc) is 2.20. The van der Waals surface area contributed by atoms with Gasteiger partial charge in [0.1, 0.15) is 0 Å². The van der Waals surface area contributed by atoms with E-state index in [0.29, 0.717) is 5.56 Å². The Morgan fingerprint density at radius 1 is 1.35 bits per heavy atom. The maximum Gasteiger partial charge on any atom is 0.305 e. The van der Waals surface area contributed by atoms with E-state index in [4.69, 9.17) is 5.11 Å². The molecule has 0 aliphatic rings. The molecule has 0 saturated carbocycles. The fourth-order valence-electron chi connectivity index (χ4n) is 1.59. The zero-order valence-corrected chi connectivity index (χ0v) is 10.3. The van der Waals surface area contributed by atoms with Crippen LogP contribution < -0.4 is 5.32 Å². The van der Waals surface area contributed by atoms with Crippen molar-refractivity contribution in [2.24, 2.45) is 0 Å². The second-order valence-electron chi connectivity index (χ2n) is 4.29. The molecule has 92 valence electrons. The number of benzene rings is 1. The highest BCUT2D eigenvalue weighted by Gasteiger charge is 2.14. The first-order valence-electron chi connectivity index (χ1n) is 5.50. The monoisotopic (exact) mass is 235 g/mol. The number of hydrogen-bond donors (Lipinski definition) is 2. The number of carbonyl (C=O) groups is 2. The molecule has 0 saturated heterocycles. The van der Waals surface area contributed by atoms with E-state index in [1.165, 1.54) is 0 Å². The van der Waals surface area contributed by atoms with E-state index in [2.05, 4.69) is 5.32 Å². The van der Waals surface area contributed by atoms with Crippen molar-refractivity contribution in [3.8, 4) is 0 Å². The SMILES string of the molecule is Cc1ccc(C)c(C(=O)NC(C)CC(=O)O)c1. The molecule has 1 atom stereocenters. The van der Waals surface area contributed by atoms with Gasteiger partial charge in [-0.05, 0) is 32.4 Å². The van der Waals surface area contributed by atoms with Gasteiger partial charge < -0.3 is 10.4 Å². The predicted molar refractivity (Wildman–Crippen MR) is 65.1 cm³/mol. The molecular weight excluding hydrogens is 218 g/mol. The lowest BCUT2D eigenvalue weighted by Gasteiger charge is -2.13. The summed E-state index contributed by atoms with van der Waals surface area (Å²) in [4.78, 5) is 22.4. The highest BCUT2D eigenvalue weighted by Crippen LogP contribution is 2.10. The minimum absolute atomic E-state index is 0.0728. The number of rotatable bonds is 4. The quantitative estimate of drug-likeness (QED) is 0.837. The van der Waals surface area contributed by atoms with Gasteiger partial charge >= 0.3 is 5.97 Å². The van der Waals surface area contributed by atoms with Gasteiger partial charge in [-0.1, -0.05) is 17.7 Å².